The molecule has 0 aliphatic rings. The molecule has 128 valence electrons. The monoisotopic (exact) mass is 375 g/mol. The maximum atomic E-state index is 12.0. The van der Waals surface area contributed by atoms with Gasteiger partial charge in [-0.2, -0.15) is 0 Å². The zero-order chi connectivity index (χ0) is 17.8. The highest BCUT2D eigenvalue weighted by Gasteiger charge is 2.11. The lowest BCUT2D eigenvalue weighted by molar-refractivity contribution is 0.0601. The summed E-state index contributed by atoms with van der Waals surface area (Å²) in [6, 6.07) is 11.9. The first-order valence-electron chi connectivity index (χ1n) is 7.33. The summed E-state index contributed by atoms with van der Waals surface area (Å²) in [6.07, 6.45) is 0. The van der Waals surface area contributed by atoms with Crippen molar-refractivity contribution in [2.75, 3.05) is 12.4 Å². The Balaban J connectivity index is 1.64. The zero-order valence-electron chi connectivity index (χ0n) is 13.2. The lowest BCUT2D eigenvalue weighted by Crippen LogP contribution is -2.28. The summed E-state index contributed by atoms with van der Waals surface area (Å²) in [6.45, 7) is 0.375. The van der Waals surface area contributed by atoms with Gasteiger partial charge < -0.3 is 10.1 Å². The number of hydrogen-bond donors (Lipinski definition) is 2. The molecule has 0 aliphatic heterocycles. The molecule has 0 fully saturated rings. The smallest absolute Gasteiger partial charge is 0.337 e. The maximum Gasteiger partial charge on any atom is 0.337 e. The van der Waals surface area contributed by atoms with Crippen LogP contribution in [0, 0.1) is 0 Å². The van der Waals surface area contributed by atoms with Gasteiger partial charge in [0.05, 0.1) is 22.9 Å². The Morgan fingerprint density at radius 2 is 1.96 bits per heavy atom. The summed E-state index contributed by atoms with van der Waals surface area (Å²) in [5.41, 5.74) is 2.08. The van der Waals surface area contributed by atoms with Crippen LogP contribution in [-0.4, -0.2) is 24.1 Å². The molecule has 1 heterocycles. The summed E-state index contributed by atoms with van der Waals surface area (Å²) in [5.74, 6) is -0.412. The van der Waals surface area contributed by atoms with Crippen molar-refractivity contribution in [2.24, 2.45) is 0 Å². The number of methoxy groups -OCH3 is 1. The Morgan fingerprint density at radius 3 is 2.68 bits per heavy atom. The van der Waals surface area contributed by atoms with Crippen molar-refractivity contribution < 1.29 is 14.3 Å². The SMILES string of the molecule is COC(=O)c1ccc2nc(NC(=O)NCc3ccc(Cl)cc3)sc2c1. The second-order valence-electron chi connectivity index (χ2n) is 5.13. The molecule has 0 spiro atoms. The lowest BCUT2D eigenvalue weighted by atomic mass is 10.2. The molecule has 2 amide bonds. The van der Waals surface area contributed by atoms with Crippen molar-refractivity contribution in [3.63, 3.8) is 0 Å². The minimum absolute atomic E-state index is 0.359. The summed E-state index contributed by atoms with van der Waals surface area (Å²) in [5, 5.41) is 6.54. The predicted octanol–water partition coefficient (Wildman–Crippen LogP) is 4.06. The Labute approximate surface area is 152 Å². The van der Waals surface area contributed by atoms with E-state index in [4.69, 9.17) is 16.3 Å². The fraction of sp³-hybridized carbons (Fsp3) is 0.118. The number of esters is 1. The highest BCUT2D eigenvalue weighted by atomic mass is 35.5. The largest absolute Gasteiger partial charge is 0.465 e. The number of fused-ring (bicyclic) bond motifs is 1. The molecule has 0 saturated carbocycles. The number of anilines is 1. The van der Waals surface area contributed by atoms with Gasteiger partial charge in [-0.05, 0) is 35.9 Å². The van der Waals surface area contributed by atoms with Crippen LogP contribution in [-0.2, 0) is 11.3 Å². The van der Waals surface area contributed by atoms with E-state index in [9.17, 15) is 9.59 Å². The van der Waals surface area contributed by atoms with Crippen LogP contribution in [0.4, 0.5) is 9.93 Å². The molecule has 8 heteroatoms. The van der Waals surface area contributed by atoms with E-state index in [0.29, 0.717) is 27.8 Å². The highest BCUT2D eigenvalue weighted by molar-refractivity contribution is 7.22. The van der Waals surface area contributed by atoms with Gasteiger partial charge in [0, 0.05) is 11.6 Å². The molecular weight excluding hydrogens is 362 g/mol. The fourth-order valence-corrected chi connectivity index (χ4v) is 3.17. The average molecular weight is 376 g/mol. The summed E-state index contributed by atoms with van der Waals surface area (Å²) in [4.78, 5) is 27.9. The highest BCUT2D eigenvalue weighted by Crippen LogP contribution is 2.27. The van der Waals surface area contributed by atoms with Crippen LogP contribution in [0.2, 0.25) is 5.02 Å². The van der Waals surface area contributed by atoms with E-state index in [2.05, 4.69) is 15.6 Å². The molecule has 0 unspecified atom stereocenters. The molecule has 0 atom stereocenters. The molecular formula is C17H14ClN3O3S. The molecule has 0 aliphatic carbocycles. The molecule has 6 nitrogen and oxygen atoms in total. The van der Waals surface area contributed by atoms with Gasteiger partial charge in [0.2, 0.25) is 0 Å². The normalized spacial score (nSPS) is 10.5. The first kappa shape index (κ1) is 17.2. The molecule has 0 radical (unpaired) electrons. The number of halogens is 1. The van der Waals surface area contributed by atoms with Crippen molar-refractivity contribution in [3.8, 4) is 0 Å². The Hall–Kier alpha value is -2.64. The second kappa shape index (κ2) is 7.50. The average Bonchev–Trinajstić information content (AvgIpc) is 3.01. The van der Waals surface area contributed by atoms with Crippen LogP contribution >= 0.6 is 22.9 Å². The van der Waals surface area contributed by atoms with E-state index in [-0.39, 0.29) is 6.03 Å². The number of benzene rings is 2. The fourth-order valence-electron chi connectivity index (χ4n) is 2.15. The van der Waals surface area contributed by atoms with Crippen molar-refractivity contribution in [1.29, 1.82) is 0 Å². The topological polar surface area (TPSA) is 80.3 Å². The van der Waals surface area contributed by atoms with Gasteiger partial charge in [-0.3, -0.25) is 5.32 Å². The molecule has 1 aromatic heterocycles. The molecule has 25 heavy (non-hydrogen) atoms. The Kier molecular flexibility index (Phi) is 5.16. The van der Waals surface area contributed by atoms with E-state index < -0.39 is 5.97 Å². The van der Waals surface area contributed by atoms with Gasteiger partial charge in [0.1, 0.15) is 0 Å². The first-order valence-corrected chi connectivity index (χ1v) is 8.53. The summed E-state index contributed by atoms with van der Waals surface area (Å²) in [7, 11) is 1.33. The number of urea groups is 1. The first-order chi connectivity index (χ1) is 12.0. The molecule has 2 N–H and O–H groups in total. The molecule has 0 saturated heterocycles. The van der Waals surface area contributed by atoms with Crippen molar-refractivity contribution in [2.45, 2.75) is 6.54 Å². The number of amides is 2. The second-order valence-corrected chi connectivity index (χ2v) is 6.59. The van der Waals surface area contributed by atoms with Crippen LogP contribution in [0.15, 0.2) is 42.5 Å². The molecule has 0 bridgehead atoms. The third-order valence-corrected chi connectivity index (χ3v) is 4.58. The van der Waals surface area contributed by atoms with Crippen LogP contribution in [0.3, 0.4) is 0 Å². The van der Waals surface area contributed by atoms with Gasteiger partial charge in [0.25, 0.3) is 0 Å². The van der Waals surface area contributed by atoms with E-state index in [1.54, 1.807) is 30.3 Å². The van der Waals surface area contributed by atoms with E-state index in [1.165, 1.54) is 18.4 Å². The number of aromatic nitrogens is 1. The number of carbonyl (C=O) groups is 2. The van der Waals surface area contributed by atoms with E-state index in [0.717, 1.165) is 10.3 Å². The molecule has 3 rings (SSSR count). The minimum atomic E-state index is -0.412. The maximum absolute atomic E-state index is 12.0. The van der Waals surface area contributed by atoms with Gasteiger partial charge in [0.15, 0.2) is 5.13 Å². The van der Waals surface area contributed by atoms with Crippen LogP contribution in [0.1, 0.15) is 15.9 Å². The summed E-state index contributed by atoms with van der Waals surface area (Å²) >= 11 is 7.11. The standard InChI is InChI=1S/C17H14ClN3O3S/c1-24-15(22)11-4-7-13-14(8-11)25-17(20-13)21-16(23)19-9-10-2-5-12(18)6-3-10/h2-8H,9H2,1H3,(H2,19,20,21,23). The van der Waals surface area contributed by atoms with Crippen molar-refractivity contribution in [1.82, 2.24) is 10.3 Å². The van der Waals surface area contributed by atoms with Crippen LogP contribution in [0.25, 0.3) is 10.2 Å². The van der Waals surface area contributed by atoms with Gasteiger partial charge in [-0.15, -0.1) is 0 Å². The third-order valence-electron chi connectivity index (χ3n) is 3.40. The van der Waals surface area contributed by atoms with Crippen molar-refractivity contribution in [3.05, 3.63) is 58.6 Å². The number of rotatable bonds is 4. The Bertz CT molecular complexity index is 925. The van der Waals surface area contributed by atoms with Crippen LogP contribution in [0.5, 0.6) is 0 Å². The van der Waals surface area contributed by atoms with Gasteiger partial charge in [-0.1, -0.05) is 35.1 Å². The zero-order valence-corrected chi connectivity index (χ0v) is 14.8. The summed E-state index contributed by atoms with van der Waals surface area (Å²) < 4.78 is 5.48. The predicted molar refractivity (Wildman–Crippen MR) is 98.3 cm³/mol. The van der Waals surface area contributed by atoms with E-state index in [1.807, 2.05) is 12.1 Å². The number of carbonyl (C=O) groups excluding carboxylic acids is 2. The quantitative estimate of drug-likeness (QED) is 0.674. The third kappa shape index (κ3) is 4.26. The number of nitrogens with one attached hydrogen (secondary N) is 2. The minimum Gasteiger partial charge on any atom is -0.465 e. The number of hydrogen-bond acceptors (Lipinski definition) is 5. The lowest BCUT2D eigenvalue weighted by Gasteiger charge is -2.05. The number of thiazole rings is 1. The van der Waals surface area contributed by atoms with E-state index >= 15 is 0 Å². The number of ether oxygens (including phenoxy) is 1. The molecule has 2 aromatic carbocycles. The molecule has 3 aromatic rings. The van der Waals surface area contributed by atoms with Gasteiger partial charge in [-0.25, -0.2) is 14.6 Å². The van der Waals surface area contributed by atoms with Crippen molar-refractivity contribution >= 4 is 50.3 Å². The number of nitrogens with zero attached hydrogens (tertiary/aromatic N) is 1. The Morgan fingerprint density at radius 1 is 1.20 bits per heavy atom. The van der Waals surface area contributed by atoms with Gasteiger partial charge >= 0.3 is 12.0 Å². The van der Waals surface area contributed by atoms with Crippen LogP contribution < -0.4 is 10.6 Å².